The zero-order valence-electron chi connectivity index (χ0n) is 70.8. The monoisotopic (exact) mass is 1570 g/mol. The maximum absolute atomic E-state index is 2.47. The van der Waals surface area contributed by atoms with E-state index in [2.05, 4.69) is 490 Å². The minimum atomic E-state index is -0.503. The Morgan fingerprint density at radius 2 is 0.472 bits per heavy atom. The van der Waals surface area contributed by atoms with Crippen molar-refractivity contribution in [1.82, 2.24) is 0 Å². The van der Waals surface area contributed by atoms with Gasteiger partial charge in [-0.2, -0.15) is 0 Å². The predicted octanol–water partition coefficient (Wildman–Crippen LogP) is 32.2. The summed E-state index contributed by atoms with van der Waals surface area (Å²) >= 11 is 0. The fourth-order valence-electron chi connectivity index (χ4n) is 22.3. The van der Waals surface area contributed by atoms with Crippen LogP contribution in [0.3, 0.4) is 0 Å². The Labute approximate surface area is 724 Å². The summed E-state index contributed by atoms with van der Waals surface area (Å²) in [6, 6.07) is 158. The molecule has 588 valence electrons. The van der Waals surface area contributed by atoms with Crippen molar-refractivity contribution in [1.29, 1.82) is 0 Å². The van der Waals surface area contributed by atoms with Crippen molar-refractivity contribution < 1.29 is 0 Å². The maximum Gasteiger partial charge on any atom is 0.0714 e. The highest BCUT2D eigenvalue weighted by Gasteiger charge is 2.48. The van der Waals surface area contributed by atoms with Crippen LogP contribution < -0.4 is 9.80 Å². The van der Waals surface area contributed by atoms with Crippen molar-refractivity contribution in [3.05, 3.63) is 491 Å². The van der Waals surface area contributed by atoms with Gasteiger partial charge in [0.15, 0.2) is 0 Å². The van der Waals surface area contributed by atoms with Gasteiger partial charge in [-0.1, -0.05) is 413 Å². The Hall–Kier alpha value is -14.4. The van der Waals surface area contributed by atoms with Crippen LogP contribution in [0.2, 0.25) is 0 Å². The molecule has 0 amide bonds. The van der Waals surface area contributed by atoms with E-state index in [-0.39, 0.29) is 21.7 Å². The van der Waals surface area contributed by atoms with E-state index >= 15 is 0 Å². The fraction of sp³-hybridized carbons (Fsp3) is 0.107. The van der Waals surface area contributed by atoms with Crippen LogP contribution in [0.25, 0.3) is 111 Å². The highest BCUT2D eigenvalue weighted by atomic mass is 15.1. The molecule has 0 saturated heterocycles. The molecule has 0 heterocycles. The number of para-hydroxylation sites is 1. The number of rotatable bonds is 13. The van der Waals surface area contributed by atoms with Crippen molar-refractivity contribution >= 4 is 34.1 Å². The van der Waals surface area contributed by atoms with E-state index < -0.39 is 5.41 Å². The van der Waals surface area contributed by atoms with Crippen molar-refractivity contribution in [2.75, 3.05) is 9.80 Å². The van der Waals surface area contributed by atoms with Gasteiger partial charge < -0.3 is 9.80 Å². The lowest BCUT2D eigenvalue weighted by Crippen LogP contribution is -2.28. The quantitative estimate of drug-likeness (QED) is 0.114. The second kappa shape index (κ2) is 28.9. The van der Waals surface area contributed by atoms with Crippen LogP contribution in [-0.4, -0.2) is 0 Å². The van der Waals surface area contributed by atoms with E-state index in [1.165, 1.54) is 178 Å². The van der Waals surface area contributed by atoms with E-state index in [1.54, 1.807) is 0 Å². The van der Waals surface area contributed by atoms with E-state index in [4.69, 9.17) is 0 Å². The highest BCUT2D eigenvalue weighted by Crippen LogP contribution is 2.62. The summed E-state index contributed by atoms with van der Waals surface area (Å²) < 4.78 is 0. The number of benzene rings is 18. The standard InChI is InChI=1S/C63H51N.C58H43N/c1-61(2)54-24-14-11-20-51(54)58-49(22-16-26-56(58)61)50-38-37-46(60-59(50)52-21-12-15-25-55(52)63(60,5)6)42-29-33-44(34-30-42)64(43-31-27-41(28-32-43)40-17-8-7-9-18-40)45-35-36-48-47-19-10-13-23-53(47)62(3,4)57(48)39-45;1-57(2)52-30-15-12-27-49(52)51-29-18-28-47(56(51)57)41-33-35-44(36-34-41)59(55-32-17-14-25-46(55)40-19-6-3-7-20-40)45-37-38-50-48-26-13-16-31-53(48)58(54(50)39-45,42-21-8-4-9-22-42)43-23-10-5-11-24-43/h7-39H,1-6H3;3-39H,1-2H3. The molecule has 2 heteroatoms. The van der Waals surface area contributed by atoms with Gasteiger partial charge in [-0.25, -0.2) is 0 Å². The van der Waals surface area contributed by atoms with E-state index in [1.807, 2.05) is 0 Å². The second-order valence-corrected chi connectivity index (χ2v) is 36.1. The third kappa shape index (κ3) is 11.7. The average Bonchev–Trinajstić information content (AvgIpc) is 1.56. The first kappa shape index (κ1) is 74.8. The molecule has 0 bridgehead atoms. The third-order valence-corrected chi connectivity index (χ3v) is 28.0. The minimum absolute atomic E-state index is 0.0667. The molecule has 0 fully saturated rings. The Balaban J connectivity index is 0.000000147. The fourth-order valence-corrected chi connectivity index (χ4v) is 22.3. The third-order valence-electron chi connectivity index (χ3n) is 28.0. The first-order valence-electron chi connectivity index (χ1n) is 43.5. The van der Waals surface area contributed by atoms with Crippen LogP contribution in [0.5, 0.6) is 0 Å². The minimum Gasteiger partial charge on any atom is -0.310 e. The smallest absolute Gasteiger partial charge is 0.0714 e. The molecule has 0 N–H and O–H groups in total. The summed E-state index contributed by atoms with van der Waals surface area (Å²) in [5, 5.41) is 0. The summed E-state index contributed by atoms with van der Waals surface area (Å²) in [4.78, 5) is 4.89. The van der Waals surface area contributed by atoms with Gasteiger partial charge in [-0.15, -0.1) is 0 Å². The van der Waals surface area contributed by atoms with Crippen molar-refractivity contribution in [3.63, 3.8) is 0 Å². The van der Waals surface area contributed by atoms with Crippen molar-refractivity contribution in [2.45, 2.75) is 82.5 Å². The van der Waals surface area contributed by atoms with Crippen molar-refractivity contribution in [2.24, 2.45) is 0 Å². The summed E-state index contributed by atoms with van der Waals surface area (Å²) in [7, 11) is 0. The average molecular weight is 1580 g/mol. The summed E-state index contributed by atoms with van der Waals surface area (Å²) in [5.41, 5.74) is 47.8. The van der Waals surface area contributed by atoms with E-state index in [9.17, 15) is 0 Å². The van der Waals surface area contributed by atoms with Gasteiger partial charge >= 0.3 is 0 Å². The van der Waals surface area contributed by atoms with Gasteiger partial charge in [0.25, 0.3) is 0 Å². The van der Waals surface area contributed by atoms with Gasteiger partial charge in [-0.05, 0) is 239 Å². The predicted molar refractivity (Wildman–Crippen MR) is 517 cm³/mol. The zero-order valence-corrected chi connectivity index (χ0v) is 70.8. The second-order valence-electron chi connectivity index (χ2n) is 36.1. The topological polar surface area (TPSA) is 6.48 Å². The molecule has 0 radical (unpaired) electrons. The maximum atomic E-state index is 2.47. The lowest BCUT2D eigenvalue weighted by atomic mass is 9.67. The largest absolute Gasteiger partial charge is 0.310 e. The summed E-state index contributed by atoms with van der Waals surface area (Å²) in [6.45, 7) is 19.1. The Bertz CT molecular complexity index is 7150. The number of hydrogen-bond donors (Lipinski definition) is 0. The van der Waals surface area contributed by atoms with Crippen LogP contribution in [0.4, 0.5) is 34.1 Å². The van der Waals surface area contributed by atoms with Gasteiger partial charge in [-0.3, -0.25) is 0 Å². The SMILES string of the molecule is CC1(C)c2ccccc2-c2ccc(N(c3ccc(-c4ccccc4)cc3)c3ccc(-c4ccc(-c5cccc6c5-c5ccccc5C6(C)C)c5c4C(C)(C)c4ccccc4-5)cc3)cc21.CC1(C)c2ccccc2-c2cccc(-c3ccc(N(c4ccc5c(c4)C(c4ccccc4)(c4ccccc4)c4ccccc4-5)c4ccccc4-c4ccccc4)cc3)c21. The molecular formula is C121H94N2. The van der Waals surface area contributed by atoms with Gasteiger partial charge in [0.1, 0.15) is 0 Å². The molecule has 123 heavy (non-hydrogen) atoms. The number of anilines is 6. The molecule has 0 saturated carbocycles. The summed E-state index contributed by atoms with van der Waals surface area (Å²) in [6.07, 6.45) is 0. The molecule has 0 aliphatic heterocycles. The molecule has 0 aromatic heterocycles. The molecule has 18 aromatic rings. The first-order valence-corrected chi connectivity index (χ1v) is 43.5. The molecule has 5 aliphatic rings. The van der Waals surface area contributed by atoms with Gasteiger partial charge in [0.2, 0.25) is 0 Å². The van der Waals surface area contributed by atoms with Gasteiger partial charge in [0, 0.05) is 55.7 Å². The lowest BCUT2D eigenvalue weighted by molar-refractivity contribution is 0.660. The van der Waals surface area contributed by atoms with E-state index in [0.29, 0.717) is 0 Å². The molecule has 0 unspecified atom stereocenters. The van der Waals surface area contributed by atoms with Crippen LogP contribution in [0, 0.1) is 0 Å². The highest BCUT2D eigenvalue weighted by molar-refractivity contribution is 6.03. The molecule has 23 rings (SSSR count). The number of fused-ring (bicyclic) bond motifs is 15. The molecule has 0 spiro atoms. The molecule has 2 nitrogen and oxygen atoms in total. The van der Waals surface area contributed by atoms with Crippen molar-refractivity contribution in [3.8, 4) is 111 Å². The Kier molecular flexibility index (Phi) is 17.6. The van der Waals surface area contributed by atoms with Gasteiger partial charge in [0.05, 0.1) is 11.1 Å². The normalized spacial score (nSPS) is 14.5. The Morgan fingerprint density at radius 1 is 0.163 bits per heavy atom. The number of nitrogens with zero attached hydrogens (tertiary/aromatic N) is 2. The molecule has 18 aromatic carbocycles. The number of hydrogen-bond acceptors (Lipinski definition) is 2. The molecular weight excluding hydrogens is 1480 g/mol. The molecule has 5 aliphatic carbocycles. The zero-order chi connectivity index (χ0) is 83.1. The molecule has 0 atom stereocenters. The van der Waals surface area contributed by atoms with Crippen LogP contribution in [0.15, 0.2) is 425 Å². The lowest BCUT2D eigenvalue weighted by Gasteiger charge is -2.35. The summed E-state index contributed by atoms with van der Waals surface area (Å²) in [5.74, 6) is 0. The first-order chi connectivity index (χ1) is 60.1. The van der Waals surface area contributed by atoms with Crippen LogP contribution in [-0.2, 0) is 27.1 Å². The van der Waals surface area contributed by atoms with Crippen LogP contribution in [0.1, 0.15) is 122 Å². The van der Waals surface area contributed by atoms with E-state index in [0.717, 1.165) is 34.1 Å². The van der Waals surface area contributed by atoms with Crippen LogP contribution >= 0.6 is 0 Å². The Morgan fingerprint density at radius 3 is 1.06 bits per heavy atom.